The first kappa shape index (κ1) is 32.8. The fourth-order valence-corrected chi connectivity index (χ4v) is 7.90. The van der Waals surface area contributed by atoms with Gasteiger partial charge in [-0.25, -0.2) is 15.0 Å². The third kappa shape index (κ3) is 6.93. The maximum Gasteiger partial charge on any atom is 0.271 e. The fraction of sp³-hybridized carbons (Fsp3) is 0.485. The highest BCUT2D eigenvalue weighted by atomic mass is 32.1. The lowest BCUT2D eigenvalue weighted by atomic mass is 9.99. The molecule has 6 bridgehead atoms. The molecule has 12 nitrogen and oxygen atoms in total. The Morgan fingerprint density at radius 1 is 0.957 bits per heavy atom. The fourth-order valence-electron chi connectivity index (χ4n) is 6.11. The number of hydrogen-bond acceptors (Lipinski definition) is 10. The van der Waals surface area contributed by atoms with Crippen LogP contribution < -0.4 is 16.0 Å². The standard InChI is InChI=1S/C33H39N7O5S2/c1-5-17(2)25-32-37-22(16-47-32)27(41)34-18(3)31-36-23(15-46-31)28(42)35-21(14-20-10-7-6-8-11-20)33(44)40-13-9-12-24(40)30-39-26(19(4)45-30)29(43)38-25/h6-8,10-11,15-19,21,24-26H,5,9,12-14H2,1-4H3,(H,34,41)(H,35,42)(H,38,43)/t17?,18-,19-,21+,24+,25+,26+/m1/s1. The number of hydrogen-bond donors (Lipinski definition) is 3. The normalized spacial score (nSPS) is 27.5. The summed E-state index contributed by atoms with van der Waals surface area (Å²) in [7, 11) is 0. The zero-order valence-corrected chi connectivity index (χ0v) is 28.4. The predicted octanol–water partition coefficient (Wildman–Crippen LogP) is 3.83. The topological polar surface area (TPSA) is 155 Å². The SMILES string of the molecule is CCC(C)[C@@H]1NC(=O)[C@H]2N=C(O[C@@H]2C)[C@@H]2CCCN2C(=O)[C@H](Cc2ccccc2)NC(=O)c2csc(n2)[C@@H](C)NC(=O)c2csc1n2. The number of fused-ring (bicyclic) bond motifs is 7. The van der Waals surface area contributed by atoms with Crippen LogP contribution in [-0.4, -0.2) is 75.2 Å². The van der Waals surface area contributed by atoms with Gasteiger partial charge in [0.1, 0.15) is 39.6 Å². The highest BCUT2D eigenvalue weighted by molar-refractivity contribution is 7.10. The van der Waals surface area contributed by atoms with Crippen molar-refractivity contribution in [3.05, 3.63) is 68.1 Å². The first-order valence-electron chi connectivity index (χ1n) is 16.0. The second kappa shape index (κ2) is 13.9. The highest BCUT2D eigenvalue weighted by Crippen LogP contribution is 2.30. The third-order valence-electron chi connectivity index (χ3n) is 9.00. The highest BCUT2D eigenvalue weighted by Gasteiger charge is 2.43. The van der Waals surface area contributed by atoms with Crippen molar-refractivity contribution in [3.63, 3.8) is 0 Å². The zero-order chi connectivity index (χ0) is 33.2. The predicted molar refractivity (Wildman–Crippen MR) is 178 cm³/mol. The van der Waals surface area contributed by atoms with Gasteiger partial charge in [0.2, 0.25) is 17.7 Å². The summed E-state index contributed by atoms with van der Waals surface area (Å²) in [6, 6.07) is 6.43. The van der Waals surface area contributed by atoms with Gasteiger partial charge in [0.15, 0.2) is 6.04 Å². The van der Waals surface area contributed by atoms with Gasteiger partial charge in [0.05, 0.1) is 12.1 Å². The quantitative estimate of drug-likeness (QED) is 0.379. The number of thiazole rings is 2. The Morgan fingerprint density at radius 2 is 1.64 bits per heavy atom. The van der Waals surface area contributed by atoms with E-state index in [4.69, 9.17) is 9.73 Å². The van der Waals surface area contributed by atoms with Crippen LogP contribution in [0.15, 0.2) is 46.1 Å². The van der Waals surface area contributed by atoms with Crippen molar-refractivity contribution in [1.29, 1.82) is 0 Å². The van der Waals surface area contributed by atoms with E-state index in [9.17, 15) is 19.2 Å². The van der Waals surface area contributed by atoms with Gasteiger partial charge >= 0.3 is 0 Å². The number of amides is 4. The molecule has 3 aliphatic rings. The minimum Gasteiger partial charge on any atom is -0.474 e. The van der Waals surface area contributed by atoms with Crippen LogP contribution in [0.25, 0.3) is 0 Å². The van der Waals surface area contributed by atoms with Crippen molar-refractivity contribution in [2.75, 3.05) is 6.54 Å². The Bertz CT molecular complexity index is 1670. The summed E-state index contributed by atoms with van der Waals surface area (Å²) in [5.41, 5.74) is 1.29. The molecule has 3 aliphatic heterocycles. The summed E-state index contributed by atoms with van der Waals surface area (Å²) in [5, 5.41) is 13.5. The average Bonchev–Trinajstić information content (AvgIpc) is 3.89. The number of ether oxygens (including phenoxy) is 1. The Balaban J connectivity index is 1.37. The Hall–Kier alpha value is -4.17. The second-order valence-corrected chi connectivity index (χ2v) is 14.1. The van der Waals surface area contributed by atoms with Crippen LogP contribution in [0.5, 0.6) is 0 Å². The molecule has 0 aliphatic carbocycles. The minimum absolute atomic E-state index is 0.0332. The minimum atomic E-state index is -0.879. The second-order valence-electron chi connectivity index (χ2n) is 12.3. The van der Waals surface area contributed by atoms with Crippen LogP contribution in [0.1, 0.15) is 95.6 Å². The van der Waals surface area contributed by atoms with Gasteiger partial charge in [0, 0.05) is 23.7 Å². The molecule has 6 rings (SSSR count). The number of nitrogens with one attached hydrogen (secondary N) is 3. The third-order valence-corrected chi connectivity index (χ3v) is 11.0. The molecule has 5 heterocycles. The molecule has 4 amide bonds. The molecule has 47 heavy (non-hydrogen) atoms. The molecule has 2 aromatic heterocycles. The lowest BCUT2D eigenvalue weighted by Gasteiger charge is -2.29. The molecule has 1 fully saturated rings. The summed E-state index contributed by atoms with van der Waals surface area (Å²) >= 11 is 2.57. The van der Waals surface area contributed by atoms with Gasteiger partial charge in [-0.15, -0.1) is 22.7 Å². The van der Waals surface area contributed by atoms with E-state index in [-0.39, 0.29) is 41.4 Å². The zero-order valence-electron chi connectivity index (χ0n) is 26.8. The van der Waals surface area contributed by atoms with E-state index in [0.29, 0.717) is 28.9 Å². The van der Waals surface area contributed by atoms with Gasteiger partial charge in [-0.1, -0.05) is 50.6 Å². The molecule has 1 unspecified atom stereocenters. The Morgan fingerprint density at radius 3 is 2.36 bits per heavy atom. The first-order chi connectivity index (χ1) is 22.6. The molecule has 0 saturated carbocycles. The molecule has 1 saturated heterocycles. The van der Waals surface area contributed by atoms with Crippen molar-refractivity contribution in [2.24, 2.45) is 10.9 Å². The van der Waals surface area contributed by atoms with Gasteiger partial charge < -0.3 is 25.6 Å². The molecule has 0 spiro atoms. The van der Waals surface area contributed by atoms with E-state index in [1.807, 2.05) is 44.2 Å². The lowest BCUT2D eigenvalue weighted by Crippen LogP contribution is -2.52. The van der Waals surface area contributed by atoms with Gasteiger partial charge in [-0.2, -0.15) is 0 Å². The number of aliphatic imine (C=N–C) groups is 1. The number of carbonyl (C=O) groups is 4. The molecule has 0 radical (unpaired) electrons. The summed E-state index contributed by atoms with van der Waals surface area (Å²) in [6.07, 6.45) is 1.87. The molecule has 3 aromatic rings. The number of rotatable bonds is 4. The Labute approximate surface area is 281 Å². The number of benzene rings is 1. The van der Waals surface area contributed by atoms with Crippen LogP contribution in [0.3, 0.4) is 0 Å². The molecule has 7 atom stereocenters. The largest absolute Gasteiger partial charge is 0.474 e. The monoisotopic (exact) mass is 677 g/mol. The Kier molecular flexibility index (Phi) is 9.69. The van der Waals surface area contributed by atoms with Crippen LogP contribution in [0, 0.1) is 5.92 Å². The van der Waals surface area contributed by atoms with Crippen molar-refractivity contribution in [3.8, 4) is 0 Å². The molecular weight excluding hydrogens is 639 g/mol. The van der Waals surface area contributed by atoms with E-state index in [2.05, 4.69) is 25.9 Å². The molecule has 1 aromatic carbocycles. The summed E-state index contributed by atoms with van der Waals surface area (Å²) in [5.74, 6) is -1.04. The summed E-state index contributed by atoms with van der Waals surface area (Å²) in [4.78, 5) is 70.3. The first-order valence-corrected chi connectivity index (χ1v) is 17.8. The van der Waals surface area contributed by atoms with Gasteiger partial charge in [-0.3, -0.25) is 19.2 Å². The smallest absolute Gasteiger partial charge is 0.271 e. The van der Waals surface area contributed by atoms with Gasteiger partial charge in [0.25, 0.3) is 11.8 Å². The lowest BCUT2D eigenvalue weighted by molar-refractivity contribution is -0.133. The van der Waals surface area contributed by atoms with Crippen LogP contribution in [-0.2, 0) is 20.7 Å². The summed E-state index contributed by atoms with van der Waals surface area (Å²) in [6.45, 7) is 8.13. The van der Waals surface area contributed by atoms with Crippen molar-refractivity contribution < 1.29 is 23.9 Å². The molecule has 3 N–H and O–H groups in total. The van der Waals surface area contributed by atoms with Crippen molar-refractivity contribution >= 4 is 52.2 Å². The summed E-state index contributed by atoms with van der Waals surface area (Å²) < 4.78 is 6.17. The number of aromatic nitrogens is 2. The molecule has 248 valence electrons. The van der Waals surface area contributed by atoms with Crippen molar-refractivity contribution in [1.82, 2.24) is 30.8 Å². The van der Waals surface area contributed by atoms with E-state index >= 15 is 0 Å². The van der Waals surface area contributed by atoms with Crippen LogP contribution >= 0.6 is 22.7 Å². The van der Waals surface area contributed by atoms with E-state index in [1.54, 1.807) is 29.5 Å². The molecule has 14 heteroatoms. The van der Waals surface area contributed by atoms with Crippen LogP contribution in [0.4, 0.5) is 0 Å². The number of carbonyl (C=O) groups excluding carboxylic acids is 4. The van der Waals surface area contributed by atoms with Crippen molar-refractivity contribution in [2.45, 2.75) is 89.7 Å². The number of nitrogens with zero attached hydrogens (tertiary/aromatic N) is 4. The van der Waals surface area contributed by atoms with Gasteiger partial charge in [-0.05, 0) is 38.2 Å². The maximum absolute atomic E-state index is 14.2. The molecular formula is C33H39N7O5S2. The van der Waals surface area contributed by atoms with E-state index < -0.39 is 42.2 Å². The average molecular weight is 678 g/mol. The van der Waals surface area contributed by atoms with E-state index in [0.717, 1.165) is 18.4 Å². The van der Waals surface area contributed by atoms with E-state index in [1.165, 1.54) is 22.7 Å². The maximum atomic E-state index is 14.2. The van der Waals surface area contributed by atoms with Crippen LogP contribution in [0.2, 0.25) is 0 Å².